The van der Waals surface area contributed by atoms with Gasteiger partial charge in [-0.1, -0.05) is 0 Å². The number of carbonyl (C=O) groups is 1. The molecule has 0 radical (unpaired) electrons. The summed E-state index contributed by atoms with van der Waals surface area (Å²) in [5.74, 6) is -3.81. The van der Waals surface area contributed by atoms with Crippen LogP contribution < -0.4 is 10.5 Å². The standard InChI is InChI=1S/C30H36F3N3O3/c1-39-22-6-7-27-24(16-22)23(21(18-34)19-35-27)5-2-8-30(17-28(37)38)9-12-36(13-10-30)11-3-4-20-14-25(31)29(33)26(32)15-20/h6-7,14-16,19H,2-5,8-13,17-18,34H2,1H3,(H,37,38). The second kappa shape index (κ2) is 12.8. The van der Waals surface area contributed by atoms with Crippen molar-refractivity contribution in [3.63, 3.8) is 0 Å². The molecule has 1 aliphatic heterocycles. The van der Waals surface area contributed by atoms with Gasteiger partial charge in [-0.3, -0.25) is 9.78 Å². The summed E-state index contributed by atoms with van der Waals surface area (Å²) in [4.78, 5) is 18.6. The summed E-state index contributed by atoms with van der Waals surface area (Å²) < 4.78 is 45.6. The molecule has 3 N–H and O–H groups in total. The highest BCUT2D eigenvalue weighted by molar-refractivity contribution is 5.84. The van der Waals surface area contributed by atoms with Crippen LogP contribution in [0.3, 0.4) is 0 Å². The number of halogens is 3. The number of carboxylic acids is 1. The molecule has 0 amide bonds. The van der Waals surface area contributed by atoms with Gasteiger partial charge in [0.15, 0.2) is 17.5 Å². The van der Waals surface area contributed by atoms with Gasteiger partial charge in [-0.2, -0.15) is 0 Å². The van der Waals surface area contributed by atoms with Crippen LogP contribution in [0.15, 0.2) is 36.5 Å². The number of hydrogen-bond donors (Lipinski definition) is 2. The van der Waals surface area contributed by atoms with E-state index < -0.39 is 23.4 Å². The van der Waals surface area contributed by atoms with Crippen LogP contribution in [-0.4, -0.2) is 47.7 Å². The van der Waals surface area contributed by atoms with Gasteiger partial charge in [-0.05, 0) is 117 Å². The smallest absolute Gasteiger partial charge is 0.303 e. The molecular weight excluding hydrogens is 507 g/mol. The first-order chi connectivity index (χ1) is 18.7. The maximum atomic E-state index is 13.5. The van der Waals surface area contributed by atoms with E-state index in [0.29, 0.717) is 24.9 Å². The first-order valence-electron chi connectivity index (χ1n) is 13.5. The molecule has 2 heterocycles. The van der Waals surface area contributed by atoms with Crippen LogP contribution in [0.5, 0.6) is 5.75 Å². The molecule has 0 spiro atoms. The predicted molar refractivity (Wildman–Crippen MR) is 144 cm³/mol. The number of aliphatic carboxylic acids is 1. The Morgan fingerprint density at radius 1 is 1.10 bits per heavy atom. The fourth-order valence-electron chi connectivity index (χ4n) is 5.85. The van der Waals surface area contributed by atoms with Crippen molar-refractivity contribution in [3.8, 4) is 5.75 Å². The number of carboxylic acid groups (broad SMARTS) is 1. The van der Waals surface area contributed by atoms with Crippen LogP contribution >= 0.6 is 0 Å². The summed E-state index contributed by atoms with van der Waals surface area (Å²) in [6.07, 6.45) is 7.01. The van der Waals surface area contributed by atoms with E-state index in [1.807, 2.05) is 24.4 Å². The van der Waals surface area contributed by atoms with Crippen LogP contribution in [0.25, 0.3) is 10.9 Å². The largest absolute Gasteiger partial charge is 0.497 e. The van der Waals surface area contributed by atoms with Crippen molar-refractivity contribution >= 4 is 16.9 Å². The molecule has 210 valence electrons. The van der Waals surface area contributed by atoms with Gasteiger partial charge in [0, 0.05) is 18.1 Å². The Morgan fingerprint density at radius 2 is 1.82 bits per heavy atom. The molecule has 4 rings (SSSR count). The van der Waals surface area contributed by atoms with E-state index in [1.165, 1.54) is 0 Å². The van der Waals surface area contributed by atoms with Gasteiger partial charge in [-0.15, -0.1) is 0 Å². The molecule has 1 saturated heterocycles. The van der Waals surface area contributed by atoms with Crippen molar-refractivity contribution in [1.29, 1.82) is 0 Å². The average Bonchev–Trinajstić information content (AvgIpc) is 2.92. The quantitative estimate of drug-likeness (QED) is 0.288. The third-order valence-corrected chi connectivity index (χ3v) is 8.06. The Morgan fingerprint density at radius 3 is 2.46 bits per heavy atom. The van der Waals surface area contributed by atoms with Crippen LogP contribution in [-0.2, 0) is 24.2 Å². The van der Waals surface area contributed by atoms with E-state index in [-0.39, 0.29) is 11.8 Å². The van der Waals surface area contributed by atoms with E-state index in [9.17, 15) is 23.1 Å². The Labute approximate surface area is 227 Å². The lowest BCUT2D eigenvalue weighted by Crippen LogP contribution is -2.41. The fraction of sp³-hybridized carbons (Fsp3) is 0.467. The van der Waals surface area contributed by atoms with Crippen LogP contribution in [0, 0.1) is 22.9 Å². The van der Waals surface area contributed by atoms with E-state index in [2.05, 4.69) is 9.88 Å². The van der Waals surface area contributed by atoms with Crippen LogP contribution in [0.1, 0.15) is 55.2 Å². The molecule has 0 atom stereocenters. The molecule has 1 aromatic heterocycles. The summed E-state index contributed by atoms with van der Waals surface area (Å²) >= 11 is 0. The molecular formula is C30H36F3N3O3. The third kappa shape index (κ3) is 7.08. The summed E-state index contributed by atoms with van der Waals surface area (Å²) in [6, 6.07) is 7.89. The molecule has 0 saturated carbocycles. The lowest BCUT2D eigenvalue weighted by atomic mass is 9.71. The van der Waals surface area contributed by atoms with Crippen molar-refractivity contribution in [2.45, 2.75) is 57.9 Å². The Balaban J connectivity index is 1.36. The lowest BCUT2D eigenvalue weighted by molar-refractivity contribution is -0.140. The normalized spacial score (nSPS) is 15.5. The van der Waals surface area contributed by atoms with Gasteiger partial charge < -0.3 is 20.5 Å². The predicted octanol–water partition coefficient (Wildman–Crippen LogP) is 5.63. The number of piperidine rings is 1. The molecule has 39 heavy (non-hydrogen) atoms. The van der Waals surface area contributed by atoms with Gasteiger partial charge in [0.25, 0.3) is 0 Å². The zero-order valence-electron chi connectivity index (χ0n) is 22.3. The number of nitrogens with zero attached hydrogens (tertiary/aromatic N) is 2. The number of nitrogens with two attached hydrogens (primary N) is 1. The van der Waals surface area contributed by atoms with E-state index >= 15 is 0 Å². The summed E-state index contributed by atoms with van der Waals surface area (Å²) in [5, 5.41) is 10.7. The summed E-state index contributed by atoms with van der Waals surface area (Å²) in [7, 11) is 1.63. The maximum Gasteiger partial charge on any atom is 0.303 e. The van der Waals surface area contributed by atoms with Crippen LogP contribution in [0.2, 0.25) is 0 Å². The number of pyridine rings is 1. The Kier molecular flexibility index (Phi) is 9.45. The monoisotopic (exact) mass is 543 g/mol. The number of rotatable bonds is 12. The highest BCUT2D eigenvalue weighted by Crippen LogP contribution is 2.40. The van der Waals surface area contributed by atoms with Gasteiger partial charge in [-0.25, -0.2) is 13.2 Å². The zero-order valence-corrected chi connectivity index (χ0v) is 22.3. The SMILES string of the molecule is COc1ccc2ncc(CN)c(CCCC3(CC(=O)O)CCN(CCCc4cc(F)c(F)c(F)c4)CC3)c2c1. The molecule has 2 aromatic carbocycles. The minimum Gasteiger partial charge on any atom is -0.497 e. The number of aryl methyl sites for hydroxylation is 2. The molecule has 9 heteroatoms. The molecule has 6 nitrogen and oxygen atoms in total. The number of benzene rings is 2. The number of aromatic nitrogens is 1. The first kappa shape index (κ1) is 28.8. The highest BCUT2D eigenvalue weighted by atomic mass is 19.2. The van der Waals surface area contributed by atoms with Crippen molar-refractivity contribution in [3.05, 3.63) is 70.7 Å². The molecule has 0 aliphatic carbocycles. The molecule has 1 fully saturated rings. The van der Waals surface area contributed by atoms with Gasteiger partial charge in [0.2, 0.25) is 0 Å². The van der Waals surface area contributed by atoms with Crippen molar-refractivity contribution in [2.75, 3.05) is 26.7 Å². The minimum absolute atomic E-state index is 0.129. The Bertz CT molecular complexity index is 1280. The first-order valence-corrected chi connectivity index (χ1v) is 13.5. The van der Waals surface area contributed by atoms with E-state index in [1.54, 1.807) is 7.11 Å². The Hall–Kier alpha value is -3.17. The second-order valence-corrected chi connectivity index (χ2v) is 10.6. The zero-order chi connectivity index (χ0) is 28.0. The third-order valence-electron chi connectivity index (χ3n) is 8.06. The number of methoxy groups -OCH3 is 1. The second-order valence-electron chi connectivity index (χ2n) is 10.6. The maximum absolute atomic E-state index is 13.5. The van der Waals surface area contributed by atoms with Crippen molar-refractivity contribution < 1.29 is 27.8 Å². The van der Waals surface area contributed by atoms with E-state index in [4.69, 9.17) is 10.5 Å². The number of fused-ring (bicyclic) bond motifs is 1. The summed E-state index contributed by atoms with van der Waals surface area (Å²) in [6.45, 7) is 2.64. The topological polar surface area (TPSA) is 88.7 Å². The highest BCUT2D eigenvalue weighted by Gasteiger charge is 2.36. The molecule has 1 aliphatic rings. The van der Waals surface area contributed by atoms with E-state index in [0.717, 1.165) is 91.7 Å². The lowest BCUT2D eigenvalue weighted by Gasteiger charge is -2.41. The molecule has 0 bridgehead atoms. The van der Waals surface area contributed by atoms with Gasteiger partial charge >= 0.3 is 5.97 Å². The van der Waals surface area contributed by atoms with Crippen molar-refractivity contribution in [2.24, 2.45) is 11.1 Å². The number of ether oxygens (including phenoxy) is 1. The summed E-state index contributed by atoms with van der Waals surface area (Å²) in [5.41, 5.74) is 9.17. The number of likely N-dealkylation sites (tertiary alicyclic amines) is 1. The number of hydrogen-bond acceptors (Lipinski definition) is 5. The average molecular weight is 544 g/mol. The minimum atomic E-state index is -1.44. The fourth-order valence-corrected chi connectivity index (χ4v) is 5.85. The van der Waals surface area contributed by atoms with Gasteiger partial charge in [0.1, 0.15) is 5.75 Å². The van der Waals surface area contributed by atoms with Gasteiger partial charge in [0.05, 0.1) is 19.0 Å². The molecule has 0 unspecified atom stereocenters. The van der Waals surface area contributed by atoms with Crippen molar-refractivity contribution in [1.82, 2.24) is 9.88 Å². The molecule has 3 aromatic rings. The van der Waals surface area contributed by atoms with Crippen LogP contribution in [0.4, 0.5) is 13.2 Å².